The molecule has 86 valence electrons. The lowest BCUT2D eigenvalue weighted by atomic mass is 10.1. The SMILES string of the molecule is CC(=O)CC(=O)N(C)CC1CCN(C)C1. The minimum atomic E-state index is -0.0598. The number of hydrogen-bond donors (Lipinski definition) is 0. The van der Waals surface area contributed by atoms with Gasteiger partial charge in [-0.1, -0.05) is 0 Å². The zero-order valence-corrected chi connectivity index (χ0v) is 9.82. The van der Waals surface area contributed by atoms with E-state index in [4.69, 9.17) is 0 Å². The molecule has 0 bridgehead atoms. The van der Waals surface area contributed by atoms with Gasteiger partial charge in [-0.3, -0.25) is 9.59 Å². The molecule has 15 heavy (non-hydrogen) atoms. The van der Waals surface area contributed by atoms with Crippen molar-refractivity contribution in [3.05, 3.63) is 0 Å². The van der Waals surface area contributed by atoms with Crippen LogP contribution in [0.3, 0.4) is 0 Å². The van der Waals surface area contributed by atoms with Crippen molar-refractivity contribution in [2.45, 2.75) is 19.8 Å². The van der Waals surface area contributed by atoms with Crippen LogP contribution in [-0.2, 0) is 9.59 Å². The fourth-order valence-electron chi connectivity index (χ4n) is 2.01. The molecule has 1 unspecified atom stereocenters. The summed E-state index contributed by atoms with van der Waals surface area (Å²) in [5.41, 5.74) is 0. The molecule has 0 radical (unpaired) electrons. The maximum Gasteiger partial charge on any atom is 0.229 e. The summed E-state index contributed by atoms with van der Waals surface area (Å²) < 4.78 is 0. The van der Waals surface area contributed by atoms with Crippen LogP contribution in [0.1, 0.15) is 19.8 Å². The minimum Gasteiger partial charge on any atom is -0.345 e. The standard InChI is InChI=1S/C11H20N2O2/c1-9(14)6-11(15)13(3)8-10-4-5-12(2)7-10/h10H,4-8H2,1-3H3. The molecule has 0 aromatic rings. The molecule has 4 nitrogen and oxygen atoms in total. The van der Waals surface area contributed by atoms with Gasteiger partial charge in [-0.25, -0.2) is 0 Å². The van der Waals surface area contributed by atoms with Crippen LogP contribution in [0.25, 0.3) is 0 Å². The number of likely N-dealkylation sites (tertiary alicyclic amines) is 1. The van der Waals surface area contributed by atoms with E-state index in [-0.39, 0.29) is 18.1 Å². The second-order valence-electron chi connectivity index (χ2n) is 4.57. The van der Waals surface area contributed by atoms with Gasteiger partial charge in [0.1, 0.15) is 5.78 Å². The molecular weight excluding hydrogens is 192 g/mol. The van der Waals surface area contributed by atoms with E-state index in [9.17, 15) is 9.59 Å². The largest absolute Gasteiger partial charge is 0.345 e. The summed E-state index contributed by atoms with van der Waals surface area (Å²) >= 11 is 0. The lowest BCUT2D eigenvalue weighted by molar-refractivity contribution is -0.134. The summed E-state index contributed by atoms with van der Waals surface area (Å²) in [7, 11) is 3.88. The van der Waals surface area contributed by atoms with E-state index in [1.807, 2.05) is 0 Å². The van der Waals surface area contributed by atoms with Crippen molar-refractivity contribution in [3.8, 4) is 0 Å². The molecule has 0 N–H and O–H groups in total. The van der Waals surface area contributed by atoms with E-state index in [0.29, 0.717) is 5.92 Å². The van der Waals surface area contributed by atoms with Crippen LogP contribution in [0.4, 0.5) is 0 Å². The summed E-state index contributed by atoms with van der Waals surface area (Å²) in [5, 5.41) is 0. The van der Waals surface area contributed by atoms with Crippen LogP contribution in [0.15, 0.2) is 0 Å². The summed E-state index contributed by atoms with van der Waals surface area (Å²) in [5.74, 6) is 0.448. The molecule has 1 atom stereocenters. The van der Waals surface area contributed by atoms with E-state index in [1.165, 1.54) is 6.92 Å². The Hall–Kier alpha value is -0.900. The predicted octanol–water partition coefficient (Wildman–Crippen LogP) is 0.376. The van der Waals surface area contributed by atoms with Gasteiger partial charge in [-0.05, 0) is 32.9 Å². The van der Waals surface area contributed by atoms with Gasteiger partial charge in [-0.15, -0.1) is 0 Å². The summed E-state index contributed by atoms with van der Waals surface area (Å²) in [4.78, 5) is 26.3. The third kappa shape index (κ3) is 4.00. The summed E-state index contributed by atoms with van der Waals surface area (Å²) in [6.45, 7) is 4.39. The Labute approximate surface area is 91.2 Å². The van der Waals surface area contributed by atoms with E-state index >= 15 is 0 Å². The monoisotopic (exact) mass is 212 g/mol. The lowest BCUT2D eigenvalue weighted by Gasteiger charge is -2.20. The van der Waals surface area contributed by atoms with Gasteiger partial charge in [0.15, 0.2) is 0 Å². The second-order valence-corrected chi connectivity index (χ2v) is 4.57. The summed E-state index contributed by atoms with van der Waals surface area (Å²) in [6.07, 6.45) is 1.19. The maximum atomic E-state index is 11.5. The van der Waals surface area contributed by atoms with Crippen molar-refractivity contribution < 1.29 is 9.59 Å². The first-order valence-corrected chi connectivity index (χ1v) is 5.41. The second kappa shape index (κ2) is 5.26. The minimum absolute atomic E-state index is 0.0407. The first-order valence-electron chi connectivity index (χ1n) is 5.41. The number of amides is 1. The van der Waals surface area contributed by atoms with Gasteiger partial charge in [0.25, 0.3) is 0 Å². The molecule has 1 aliphatic rings. The fourth-order valence-corrected chi connectivity index (χ4v) is 2.01. The molecule has 4 heteroatoms. The third-order valence-corrected chi connectivity index (χ3v) is 2.85. The average Bonchev–Trinajstić information content (AvgIpc) is 2.50. The van der Waals surface area contributed by atoms with Gasteiger partial charge in [-0.2, -0.15) is 0 Å². The highest BCUT2D eigenvalue weighted by atomic mass is 16.2. The van der Waals surface area contributed by atoms with E-state index < -0.39 is 0 Å². The Balaban J connectivity index is 2.31. The predicted molar refractivity (Wildman–Crippen MR) is 58.5 cm³/mol. The Bertz CT molecular complexity index is 253. The van der Waals surface area contributed by atoms with Crippen LogP contribution in [0.5, 0.6) is 0 Å². The zero-order chi connectivity index (χ0) is 11.4. The number of carbonyl (C=O) groups excluding carboxylic acids is 2. The molecule has 1 amide bonds. The quantitative estimate of drug-likeness (QED) is 0.632. The van der Waals surface area contributed by atoms with E-state index in [0.717, 1.165) is 26.1 Å². The van der Waals surface area contributed by atoms with Crippen LogP contribution < -0.4 is 0 Å². The van der Waals surface area contributed by atoms with Crippen LogP contribution in [0, 0.1) is 5.92 Å². The first-order chi connectivity index (χ1) is 6.99. The molecule has 1 aliphatic heterocycles. The maximum absolute atomic E-state index is 11.5. The Kier molecular flexibility index (Phi) is 4.27. The summed E-state index contributed by atoms with van der Waals surface area (Å²) in [6, 6.07) is 0. The molecular formula is C11H20N2O2. The highest BCUT2D eigenvalue weighted by molar-refractivity contribution is 5.96. The van der Waals surface area contributed by atoms with E-state index in [2.05, 4.69) is 11.9 Å². The molecule has 1 heterocycles. The average molecular weight is 212 g/mol. The molecule has 0 aromatic carbocycles. The molecule has 0 aliphatic carbocycles. The lowest BCUT2D eigenvalue weighted by Crippen LogP contribution is -2.33. The van der Waals surface area contributed by atoms with Gasteiger partial charge < -0.3 is 9.80 Å². The molecule has 1 saturated heterocycles. The van der Waals surface area contributed by atoms with E-state index in [1.54, 1.807) is 11.9 Å². The first kappa shape index (κ1) is 12.2. The van der Waals surface area contributed by atoms with Gasteiger partial charge in [0.05, 0.1) is 6.42 Å². The van der Waals surface area contributed by atoms with Crippen molar-refractivity contribution in [1.82, 2.24) is 9.80 Å². The highest BCUT2D eigenvalue weighted by Gasteiger charge is 2.22. The van der Waals surface area contributed by atoms with Crippen molar-refractivity contribution >= 4 is 11.7 Å². The zero-order valence-electron chi connectivity index (χ0n) is 9.82. The Morgan fingerprint density at radius 3 is 2.60 bits per heavy atom. The Morgan fingerprint density at radius 2 is 2.13 bits per heavy atom. The van der Waals surface area contributed by atoms with Crippen LogP contribution >= 0.6 is 0 Å². The molecule has 1 fully saturated rings. The van der Waals surface area contributed by atoms with Crippen molar-refractivity contribution in [2.24, 2.45) is 5.92 Å². The fraction of sp³-hybridized carbons (Fsp3) is 0.818. The Morgan fingerprint density at radius 1 is 1.47 bits per heavy atom. The molecule has 0 spiro atoms. The molecule has 1 rings (SSSR count). The van der Waals surface area contributed by atoms with Crippen molar-refractivity contribution in [3.63, 3.8) is 0 Å². The number of hydrogen-bond acceptors (Lipinski definition) is 3. The number of ketones is 1. The van der Waals surface area contributed by atoms with Gasteiger partial charge in [0.2, 0.25) is 5.91 Å². The van der Waals surface area contributed by atoms with Crippen LogP contribution in [-0.4, -0.2) is 55.2 Å². The van der Waals surface area contributed by atoms with Crippen molar-refractivity contribution in [2.75, 3.05) is 33.7 Å². The normalized spacial score (nSPS) is 21.7. The van der Waals surface area contributed by atoms with Crippen LogP contribution in [0.2, 0.25) is 0 Å². The van der Waals surface area contributed by atoms with Gasteiger partial charge in [0, 0.05) is 20.1 Å². The third-order valence-electron chi connectivity index (χ3n) is 2.85. The molecule has 0 saturated carbocycles. The topological polar surface area (TPSA) is 40.6 Å². The van der Waals surface area contributed by atoms with Crippen molar-refractivity contribution in [1.29, 1.82) is 0 Å². The number of nitrogens with zero attached hydrogens (tertiary/aromatic N) is 2. The van der Waals surface area contributed by atoms with Gasteiger partial charge >= 0.3 is 0 Å². The number of rotatable bonds is 4. The number of Topliss-reactive ketones (excluding diaryl/α,β-unsaturated/α-hetero) is 1. The number of carbonyl (C=O) groups is 2. The highest BCUT2D eigenvalue weighted by Crippen LogP contribution is 2.15. The molecule has 0 aromatic heterocycles. The smallest absolute Gasteiger partial charge is 0.229 e.